The van der Waals surface area contributed by atoms with Crippen LogP contribution in [-0.4, -0.2) is 10.9 Å². The second kappa shape index (κ2) is 4.43. The molecule has 0 aliphatic heterocycles. The number of anilines is 1. The van der Waals surface area contributed by atoms with Gasteiger partial charge in [-0.3, -0.25) is 4.79 Å². The number of primary amides is 1. The standard InChI is InChI=1S/C12H10ClN3O/c13-8-3-1-7(2-4-8)9-5-6-16-11(10(9)14)12(15)17/h1-6H,14H2,(H2,15,17). The zero-order valence-corrected chi connectivity index (χ0v) is 9.61. The summed E-state index contributed by atoms with van der Waals surface area (Å²) in [5, 5.41) is 0.636. The molecule has 4 nitrogen and oxygen atoms in total. The number of carbonyl (C=O) groups excluding carboxylic acids is 1. The highest BCUT2D eigenvalue weighted by molar-refractivity contribution is 6.30. The molecule has 1 aromatic heterocycles. The van der Waals surface area contributed by atoms with Crippen LogP contribution >= 0.6 is 11.6 Å². The molecule has 1 amide bonds. The lowest BCUT2D eigenvalue weighted by Crippen LogP contribution is -2.15. The summed E-state index contributed by atoms with van der Waals surface area (Å²) < 4.78 is 0. The lowest BCUT2D eigenvalue weighted by molar-refractivity contribution is 0.0996. The Kier molecular flexibility index (Phi) is 2.97. The van der Waals surface area contributed by atoms with Crippen LogP contribution < -0.4 is 11.5 Å². The summed E-state index contributed by atoms with van der Waals surface area (Å²) in [6.45, 7) is 0. The Morgan fingerprint density at radius 3 is 2.41 bits per heavy atom. The average molecular weight is 248 g/mol. The highest BCUT2D eigenvalue weighted by atomic mass is 35.5. The van der Waals surface area contributed by atoms with E-state index in [4.69, 9.17) is 23.1 Å². The van der Waals surface area contributed by atoms with Gasteiger partial charge in [-0.15, -0.1) is 0 Å². The van der Waals surface area contributed by atoms with Crippen LogP contribution in [-0.2, 0) is 0 Å². The van der Waals surface area contributed by atoms with Gasteiger partial charge in [-0.25, -0.2) is 4.98 Å². The van der Waals surface area contributed by atoms with Gasteiger partial charge in [0.1, 0.15) is 0 Å². The van der Waals surface area contributed by atoms with Crippen LogP contribution in [0.2, 0.25) is 5.02 Å². The third-order valence-electron chi connectivity index (χ3n) is 2.38. The summed E-state index contributed by atoms with van der Waals surface area (Å²) in [4.78, 5) is 15.0. The van der Waals surface area contributed by atoms with Crippen LogP contribution in [0.1, 0.15) is 10.5 Å². The summed E-state index contributed by atoms with van der Waals surface area (Å²) in [5.74, 6) is -0.640. The molecule has 0 fully saturated rings. The Labute approximate surface area is 103 Å². The molecule has 0 atom stereocenters. The first-order chi connectivity index (χ1) is 8.09. The zero-order chi connectivity index (χ0) is 12.4. The number of benzene rings is 1. The van der Waals surface area contributed by atoms with Gasteiger partial charge >= 0.3 is 0 Å². The molecular formula is C12H10ClN3O. The predicted molar refractivity (Wildman–Crippen MR) is 67.6 cm³/mol. The SMILES string of the molecule is NC(=O)c1nccc(-c2ccc(Cl)cc2)c1N. The molecule has 0 saturated carbocycles. The number of halogens is 1. The van der Waals surface area contributed by atoms with Crippen LogP contribution in [0, 0.1) is 0 Å². The van der Waals surface area contributed by atoms with Crippen molar-refractivity contribution in [2.24, 2.45) is 5.73 Å². The third-order valence-corrected chi connectivity index (χ3v) is 2.63. The first kappa shape index (κ1) is 11.4. The second-order valence-corrected chi connectivity index (χ2v) is 3.93. The van der Waals surface area contributed by atoms with E-state index in [9.17, 15) is 4.79 Å². The minimum absolute atomic E-state index is 0.0810. The number of hydrogen-bond donors (Lipinski definition) is 2. The Hall–Kier alpha value is -2.07. The van der Waals surface area contributed by atoms with Crippen LogP contribution in [0.4, 0.5) is 5.69 Å². The van der Waals surface area contributed by atoms with Gasteiger partial charge in [-0.05, 0) is 23.8 Å². The molecule has 0 bridgehead atoms. The molecule has 0 saturated heterocycles. The van der Waals surface area contributed by atoms with Crippen molar-refractivity contribution in [2.45, 2.75) is 0 Å². The number of nitrogens with zero attached hydrogens (tertiary/aromatic N) is 1. The number of pyridine rings is 1. The van der Waals surface area contributed by atoms with E-state index < -0.39 is 5.91 Å². The summed E-state index contributed by atoms with van der Waals surface area (Å²) in [6.07, 6.45) is 1.50. The number of hydrogen-bond acceptors (Lipinski definition) is 3. The number of carbonyl (C=O) groups is 1. The molecular weight excluding hydrogens is 238 g/mol. The summed E-state index contributed by atoms with van der Waals surface area (Å²) in [5.41, 5.74) is 13.0. The molecule has 0 radical (unpaired) electrons. The van der Waals surface area contributed by atoms with E-state index in [2.05, 4.69) is 4.98 Å². The monoisotopic (exact) mass is 247 g/mol. The maximum atomic E-state index is 11.1. The maximum Gasteiger partial charge on any atom is 0.269 e. The summed E-state index contributed by atoms with van der Waals surface area (Å²) in [6, 6.07) is 8.87. The molecule has 0 aliphatic rings. The fourth-order valence-electron chi connectivity index (χ4n) is 1.55. The van der Waals surface area contributed by atoms with Gasteiger partial charge in [-0.1, -0.05) is 23.7 Å². The van der Waals surface area contributed by atoms with Gasteiger partial charge in [0.15, 0.2) is 5.69 Å². The van der Waals surface area contributed by atoms with Gasteiger partial charge in [0.05, 0.1) is 5.69 Å². The van der Waals surface area contributed by atoms with Gasteiger partial charge < -0.3 is 11.5 Å². The van der Waals surface area contributed by atoms with Gasteiger partial charge in [-0.2, -0.15) is 0 Å². The van der Waals surface area contributed by atoms with Crippen molar-refractivity contribution in [1.29, 1.82) is 0 Å². The number of nitrogens with two attached hydrogens (primary N) is 2. The van der Waals surface area contributed by atoms with E-state index in [1.54, 1.807) is 18.2 Å². The molecule has 1 heterocycles. The van der Waals surface area contributed by atoms with Crippen molar-refractivity contribution in [2.75, 3.05) is 5.73 Å². The molecule has 0 aliphatic carbocycles. The quantitative estimate of drug-likeness (QED) is 0.852. The lowest BCUT2D eigenvalue weighted by Gasteiger charge is -2.08. The highest BCUT2D eigenvalue weighted by Crippen LogP contribution is 2.28. The first-order valence-electron chi connectivity index (χ1n) is 4.90. The van der Waals surface area contributed by atoms with Crippen molar-refractivity contribution in [3.63, 3.8) is 0 Å². The van der Waals surface area contributed by atoms with Crippen molar-refractivity contribution in [3.8, 4) is 11.1 Å². The van der Waals surface area contributed by atoms with Crippen LogP contribution in [0.5, 0.6) is 0 Å². The number of amides is 1. The Balaban J connectivity index is 2.56. The maximum absolute atomic E-state index is 11.1. The van der Waals surface area contributed by atoms with Crippen LogP contribution in [0.15, 0.2) is 36.5 Å². The fourth-order valence-corrected chi connectivity index (χ4v) is 1.68. The molecule has 4 N–H and O–H groups in total. The minimum atomic E-state index is -0.640. The molecule has 0 spiro atoms. The van der Waals surface area contributed by atoms with Crippen molar-refractivity contribution in [3.05, 3.63) is 47.2 Å². The van der Waals surface area contributed by atoms with Crippen LogP contribution in [0.3, 0.4) is 0 Å². The largest absolute Gasteiger partial charge is 0.396 e. The fraction of sp³-hybridized carbons (Fsp3) is 0. The van der Waals surface area contributed by atoms with E-state index >= 15 is 0 Å². The van der Waals surface area contributed by atoms with Gasteiger partial charge in [0, 0.05) is 16.8 Å². The summed E-state index contributed by atoms with van der Waals surface area (Å²) >= 11 is 5.80. The van der Waals surface area contributed by atoms with Gasteiger partial charge in [0.2, 0.25) is 0 Å². The first-order valence-corrected chi connectivity index (χ1v) is 5.27. The van der Waals surface area contributed by atoms with E-state index in [1.165, 1.54) is 6.20 Å². The van der Waals surface area contributed by atoms with Crippen molar-refractivity contribution >= 4 is 23.2 Å². The molecule has 1 aromatic carbocycles. The molecule has 0 unspecified atom stereocenters. The smallest absolute Gasteiger partial charge is 0.269 e. The molecule has 86 valence electrons. The number of rotatable bonds is 2. The molecule has 17 heavy (non-hydrogen) atoms. The minimum Gasteiger partial charge on any atom is -0.396 e. The van der Waals surface area contributed by atoms with Gasteiger partial charge in [0.25, 0.3) is 5.91 Å². The van der Waals surface area contributed by atoms with E-state index in [0.717, 1.165) is 5.56 Å². The summed E-state index contributed by atoms with van der Waals surface area (Å²) in [7, 11) is 0. The second-order valence-electron chi connectivity index (χ2n) is 3.49. The van der Waals surface area contributed by atoms with E-state index in [-0.39, 0.29) is 11.4 Å². The van der Waals surface area contributed by atoms with E-state index in [1.807, 2.05) is 12.1 Å². The Morgan fingerprint density at radius 2 is 1.82 bits per heavy atom. The highest BCUT2D eigenvalue weighted by Gasteiger charge is 2.12. The average Bonchev–Trinajstić information content (AvgIpc) is 2.30. The van der Waals surface area contributed by atoms with Crippen molar-refractivity contribution in [1.82, 2.24) is 4.98 Å². The van der Waals surface area contributed by atoms with Crippen LogP contribution in [0.25, 0.3) is 11.1 Å². The third kappa shape index (κ3) is 2.21. The van der Waals surface area contributed by atoms with E-state index in [0.29, 0.717) is 10.6 Å². The number of nitrogen functional groups attached to an aromatic ring is 1. The molecule has 5 heteroatoms. The molecule has 2 aromatic rings. The zero-order valence-electron chi connectivity index (χ0n) is 8.85. The lowest BCUT2D eigenvalue weighted by atomic mass is 10.0. The van der Waals surface area contributed by atoms with Crippen molar-refractivity contribution < 1.29 is 4.79 Å². The Bertz CT molecular complexity index is 566. The normalized spacial score (nSPS) is 10.2. The Morgan fingerprint density at radius 1 is 1.18 bits per heavy atom. The number of aromatic nitrogens is 1. The topological polar surface area (TPSA) is 82.0 Å². The molecule has 2 rings (SSSR count). The predicted octanol–water partition coefficient (Wildman–Crippen LogP) is 2.08.